The molecule has 7 nitrogen and oxygen atoms in total. The molecule has 0 aliphatic heterocycles. The Morgan fingerprint density at radius 3 is 2.69 bits per heavy atom. The van der Waals surface area contributed by atoms with Crippen LogP contribution in [0.15, 0.2) is 22.7 Å². The molecule has 0 bridgehead atoms. The quantitative estimate of drug-likeness (QED) is 0.670. The van der Waals surface area contributed by atoms with Gasteiger partial charge in [-0.1, -0.05) is 24.6 Å². The Kier molecular flexibility index (Phi) is 7.03. The lowest BCUT2D eigenvalue weighted by atomic mass is 10.1. The fourth-order valence-corrected chi connectivity index (χ4v) is 2.64. The van der Waals surface area contributed by atoms with Crippen molar-refractivity contribution in [2.24, 2.45) is 0 Å². The zero-order valence-electron chi connectivity index (χ0n) is 15.7. The third-order valence-corrected chi connectivity index (χ3v) is 4.21. The highest BCUT2D eigenvalue weighted by atomic mass is 16.5. The average Bonchev–Trinajstić information content (AvgIpc) is 2.94. The number of carbonyl (C=O) groups is 1. The van der Waals surface area contributed by atoms with Gasteiger partial charge in [0.1, 0.15) is 18.4 Å². The van der Waals surface area contributed by atoms with Crippen molar-refractivity contribution in [3.8, 4) is 11.5 Å². The Balaban J connectivity index is 2.03. The lowest BCUT2D eigenvalue weighted by molar-refractivity contribution is -0.139. The summed E-state index contributed by atoms with van der Waals surface area (Å²) in [5, 5.41) is 16.2. The molecule has 7 heteroatoms. The van der Waals surface area contributed by atoms with Gasteiger partial charge in [0.15, 0.2) is 11.5 Å². The Bertz CT molecular complexity index is 722. The van der Waals surface area contributed by atoms with E-state index in [9.17, 15) is 9.90 Å². The van der Waals surface area contributed by atoms with Gasteiger partial charge in [0.05, 0.1) is 18.4 Å². The molecule has 0 fully saturated rings. The van der Waals surface area contributed by atoms with Gasteiger partial charge in [0, 0.05) is 6.54 Å². The zero-order chi connectivity index (χ0) is 19.1. The van der Waals surface area contributed by atoms with Gasteiger partial charge in [-0.15, -0.1) is 0 Å². The van der Waals surface area contributed by atoms with E-state index in [2.05, 4.69) is 10.5 Å². The molecule has 0 saturated carbocycles. The summed E-state index contributed by atoms with van der Waals surface area (Å²) < 4.78 is 16.4. The Morgan fingerprint density at radius 1 is 1.35 bits per heavy atom. The molecule has 26 heavy (non-hydrogen) atoms. The van der Waals surface area contributed by atoms with Crippen molar-refractivity contribution in [2.75, 3.05) is 7.11 Å². The van der Waals surface area contributed by atoms with Gasteiger partial charge in [-0.25, -0.2) is 0 Å². The number of methoxy groups -OCH3 is 1. The molecule has 1 unspecified atom stereocenters. The number of aromatic nitrogens is 1. The molecule has 2 N–H and O–H groups in total. The highest BCUT2D eigenvalue weighted by Crippen LogP contribution is 2.29. The van der Waals surface area contributed by atoms with Crippen LogP contribution in [0.25, 0.3) is 0 Å². The minimum absolute atomic E-state index is 0.340. The number of carboxylic acids is 1. The Morgan fingerprint density at radius 2 is 2.12 bits per heavy atom. The second kappa shape index (κ2) is 9.24. The van der Waals surface area contributed by atoms with Crippen LogP contribution in [0.1, 0.15) is 42.3 Å². The molecule has 0 radical (unpaired) electrons. The molecule has 0 saturated heterocycles. The van der Waals surface area contributed by atoms with Gasteiger partial charge >= 0.3 is 5.97 Å². The molecule has 2 aromatic rings. The van der Waals surface area contributed by atoms with E-state index in [0.717, 1.165) is 29.0 Å². The topological polar surface area (TPSA) is 93.8 Å². The van der Waals surface area contributed by atoms with Crippen molar-refractivity contribution in [3.05, 3.63) is 40.8 Å². The third kappa shape index (κ3) is 4.98. The van der Waals surface area contributed by atoms with Crippen LogP contribution >= 0.6 is 0 Å². The molecule has 0 amide bonds. The largest absolute Gasteiger partial charge is 0.493 e. The van der Waals surface area contributed by atoms with Crippen molar-refractivity contribution in [1.29, 1.82) is 0 Å². The number of hydrogen-bond acceptors (Lipinski definition) is 6. The van der Waals surface area contributed by atoms with Crippen LogP contribution < -0.4 is 14.8 Å². The Hall–Kier alpha value is -2.54. The van der Waals surface area contributed by atoms with E-state index in [-0.39, 0.29) is 0 Å². The Labute approximate surface area is 153 Å². The number of hydrogen-bond donors (Lipinski definition) is 2. The molecule has 1 aromatic heterocycles. The van der Waals surface area contributed by atoms with E-state index < -0.39 is 12.0 Å². The van der Waals surface area contributed by atoms with E-state index in [0.29, 0.717) is 31.1 Å². The van der Waals surface area contributed by atoms with Gasteiger partial charge < -0.3 is 24.4 Å². The van der Waals surface area contributed by atoms with E-state index in [1.807, 2.05) is 39.0 Å². The second-order valence-corrected chi connectivity index (χ2v) is 6.14. The van der Waals surface area contributed by atoms with Gasteiger partial charge in [0.2, 0.25) is 0 Å². The normalized spacial score (nSPS) is 12.0. The first-order valence-corrected chi connectivity index (χ1v) is 8.63. The first-order valence-electron chi connectivity index (χ1n) is 8.63. The highest BCUT2D eigenvalue weighted by molar-refractivity contribution is 5.73. The van der Waals surface area contributed by atoms with Crippen LogP contribution in [0.2, 0.25) is 0 Å². The van der Waals surface area contributed by atoms with Crippen LogP contribution in [0.3, 0.4) is 0 Å². The van der Waals surface area contributed by atoms with Crippen molar-refractivity contribution >= 4 is 5.97 Å². The first-order chi connectivity index (χ1) is 12.5. The second-order valence-electron chi connectivity index (χ2n) is 6.14. The van der Waals surface area contributed by atoms with Crippen LogP contribution in [0, 0.1) is 13.8 Å². The summed E-state index contributed by atoms with van der Waals surface area (Å²) >= 11 is 0. The smallest absolute Gasteiger partial charge is 0.320 e. The van der Waals surface area contributed by atoms with Crippen molar-refractivity contribution in [1.82, 2.24) is 10.5 Å². The molecular weight excluding hydrogens is 336 g/mol. The number of aliphatic carboxylic acids is 1. The van der Waals surface area contributed by atoms with Gasteiger partial charge in [-0.2, -0.15) is 0 Å². The lowest BCUT2D eigenvalue weighted by Gasteiger charge is -2.15. The van der Waals surface area contributed by atoms with Crippen LogP contribution in [0.5, 0.6) is 11.5 Å². The number of aryl methyl sites for hydroxylation is 2. The fraction of sp³-hybridized carbons (Fsp3) is 0.474. The van der Waals surface area contributed by atoms with Crippen LogP contribution in [-0.2, 0) is 17.9 Å². The SMILES string of the molecule is CCCC(NCc1ccc(OCc2c(C)noc2C)c(OC)c1)C(=O)O. The predicted octanol–water partition coefficient (Wildman–Crippen LogP) is 3.22. The van der Waals surface area contributed by atoms with Crippen molar-refractivity contribution in [3.63, 3.8) is 0 Å². The molecule has 142 valence electrons. The fourth-order valence-electron chi connectivity index (χ4n) is 2.64. The maximum absolute atomic E-state index is 11.2. The third-order valence-electron chi connectivity index (χ3n) is 4.21. The minimum atomic E-state index is -0.835. The maximum Gasteiger partial charge on any atom is 0.320 e. The molecule has 1 heterocycles. The molecule has 1 atom stereocenters. The monoisotopic (exact) mass is 362 g/mol. The van der Waals surface area contributed by atoms with E-state index >= 15 is 0 Å². The van der Waals surface area contributed by atoms with E-state index in [1.54, 1.807) is 7.11 Å². The van der Waals surface area contributed by atoms with Crippen LogP contribution in [0.4, 0.5) is 0 Å². The summed E-state index contributed by atoms with van der Waals surface area (Å²) in [6.07, 6.45) is 1.40. The van der Waals surface area contributed by atoms with E-state index in [1.165, 1.54) is 0 Å². The standard InChI is InChI=1S/C19H26N2O5/c1-5-6-16(19(22)23)20-10-14-7-8-17(18(9-14)24-4)25-11-15-12(2)21-26-13(15)3/h7-9,16,20H,5-6,10-11H2,1-4H3,(H,22,23). The number of benzene rings is 1. The van der Waals surface area contributed by atoms with Crippen molar-refractivity contribution < 1.29 is 23.9 Å². The number of rotatable bonds is 10. The number of nitrogens with one attached hydrogen (secondary N) is 1. The minimum Gasteiger partial charge on any atom is -0.493 e. The van der Waals surface area contributed by atoms with Crippen LogP contribution in [-0.4, -0.2) is 29.4 Å². The first kappa shape index (κ1) is 19.8. The summed E-state index contributed by atoms with van der Waals surface area (Å²) in [6.45, 7) is 6.46. The zero-order valence-corrected chi connectivity index (χ0v) is 15.7. The van der Waals surface area contributed by atoms with E-state index in [4.69, 9.17) is 14.0 Å². The summed E-state index contributed by atoms with van der Waals surface area (Å²) in [6, 6.07) is 5.01. The van der Waals surface area contributed by atoms with Gasteiger partial charge in [-0.05, 0) is 38.0 Å². The predicted molar refractivity (Wildman–Crippen MR) is 96.5 cm³/mol. The summed E-state index contributed by atoms with van der Waals surface area (Å²) in [7, 11) is 1.58. The molecule has 0 aliphatic carbocycles. The number of nitrogens with zero attached hydrogens (tertiary/aromatic N) is 1. The van der Waals surface area contributed by atoms with Crippen molar-refractivity contribution in [2.45, 2.75) is 52.8 Å². The molecular formula is C19H26N2O5. The average molecular weight is 362 g/mol. The molecule has 1 aromatic carbocycles. The highest BCUT2D eigenvalue weighted by Gasteiger charge is 2.16. The number of carboxylic acid groups (broad SMARTS) is 1. The summed E-state index contributed by atoms with van der Waals surface area (Å²) in [5.41, 5.74) is 2.65. The van der Waals surface area contributed by atoms with Gasteiger partial charge in [-0.3, -0.25) is 4.79 Å². The lowest BCUT2D eigenvalue weighted by Crippen LogP contribution is -2.35. The summed E-state index contributed by atoms with van der Waals surface area (Å²) in [4.78, 5) is 11.2. The van der Waals surface area contributed by atoms with Gasteiger partial charge in [0.25, 0.3) is 0 Å². The summed E-state index contributed by atoms with van der Waals surface area (Å²) in [5.74, 6) is 1.11. The molecule has 0 spiro atoms. The molecule has 0 aliphatic rings. The molecule has 2 rings (SSSR count). The number of ether oxygens (including phenoxy) is 2. The maximum atomic E-state index is 11.2.